The van der Waals surface area contributed by atoms with Gasteiger partial charge in [-0.25, -0.2) is 4.79 Å². The normalized spacial score (nSPS) is 13.6. The van der Waals surface area contributed by atoms with Gasteiger partial charge in [0.2, 0.25) is 5.91 Å². The molecule has 0 aliphatic heterocycles. The predicted molar refractivity (Wildman–Crippen MR) is 84.0 cm³/mol. The lowest BCUT2D eigenvalue weighted by Crippen LogP contribution is -2.51. The zero-order valence-electron chi connectivity index (χ0n) is 11.5. The molecular formula is C14H18BrNO3S. The van der Waals surface area contributed by atoms with Crippen LogP contribution in [0.2, 0.25) is 0 Å². The summed E-state index contributed by atoms with van der Waals surface area (Å²) in [5.41, 5.74) is -1.19. The van der Waals surface area contributed by atoms with E-state index in [0.717, 1.165) is 9.37 Å². The number of rotatable bonds is 7. The van der Waals surface area contributed by atoms with E-state index in [1.54, 1.807) is 18.7 Å². The van der Waals surface area contributed by atoms with Crippen LogP contribution in [0.1, 0.15) is 26.7 Å². The summed E-state index contributed by atoms with van der Waals surface area (Å²) in [5.74, 6) is -0.642. The van der Waals surface area contributed by atoms with Gasteiger partial charge in [-0.15, -0.1) is 11.8 Å². The largest absolute Gasteiger partial charge is 0.480 e. The van der Waals surface area contributed by atoms with E-state index in [-0.39, 0.29) is 12.3 Å². The van der Waals surface area contributed by atoms with Crippen LogP contribution in [0.4, 0.5) is 0 Å². The van der Waals surface area contributed by atoms with Crippen molar-refractivity contribution in [2.75, 3.05) is 5.75 Å². The number of carbonyl (C=O) groups excluding carboxylic acids is 1. The number of benzene rings is 1. The maximum absolute atomic E-state index is 11.8. The molecule has 110 valence electrons. The molecule has 1 amide bonds. The lowest BCUT2D eigenvalue weighted by molar-refractivity contribution is -0.146. The fourth-order valence-corrected chi connectivity index (χ4v) is 3.00. The van der Waals surface area contributed by atoms with Crippen LogP contribution in [0.25, 0.3) is 0 Å². The second kappa shape index (κ2) is 7.69. The minimum atomic E-state index is -1.19. The fraction of sp³-hybridized carbons (Fsp3) is 0.429. The van der Waals surface area contributed by atoms with E-state index in [1.807, 2.05) is 24.3 Å². The molecule has 0 radical (unpaired) electrons. The molecule has 4 nitrogen and oxygen atoms in total. The summed E-state index contributed by atoms with van der Waals surface area (Å²) < 4.78 is 0.995. The van der Waals surface area contributed by atoms with Gasteiger partial charge in [0.1, 0.15) is 5.54 Å². The Hall–Kier alpha value is -1.01. The van der Waals surface area contributed by atoms with E-state index in [0.29, 0.717) is 12.2 Å². The van der Waals surface area contributed by atoms with Crippen LogP contribution in [0.15, 0.2) is 33.6 Å². The third-order valence-electron chi connectivity index (χ3n) is 3.02. The smallest absolute Gasteiger partial charge is 0.329 e. The molecule has 20 heavy (non-hydrogen) atoms. The van der Waals surface area contributed by atoms with Crippen molar-refractivity contribution in [3.05, 3.63) is 28.7 Å². The molecule has 1 rings (SSSR count). The van der Waals surface area contributed by atoms with E-state index < -0.39 is 11.5 Å². The Kier molecular flexibility index (Phi) is 6.55. The van der Waals surface area contributed by atoms with Crippen LogP contribution in [-0.4, -0.2) is 28.3 Å². The second-order valence-electron chi connectivity index (χ2n) is 4.57. The number of amides is 1. The van der Waals surface area contributed by atoms with E-state index in [9.17, 15) is 9.59 Å². The molecule has 1 atom stereocenters. The molecule has 6 heteroatoms. The van der Waals surface area contributed by atoms with Crippen molar-refractivity contribution in [2.45, 2.75) is 37.1 Å². The van der Waals surface area contributed by atoms with Crippen molar-refractivity contribution < 1.29 is 14.7 Å². The molecule has 1 unspecified atom stereocenters. The van der Waals surface area contributed by atoms with Crippen LogP contribution in [0.3, 0.4) is 0 Å². The Balaban J connectivity index is 2.45. The van der Waals surface area contributed by atoms with Gasteiger partial charge in [-0.1, -0.05) is 19.1 Å². The number of thioether (sulfide) groups is 1. The highest BCUT2D eigenvalue weighted by molar-refractivity contribution is 9.10. The summed E-state index contributed by atoms with van der Waals surface area (Å²) in [6.07, 6.45) is 0.639. The fourth-order valence-electron chi connectivity index (χ4n) is 1.48. The van der Waals surface area contributed by atoms with Crippen molar-refractivity contribution in [2.24, 2.45) is 0 Å². The average Bonchev–Trinajstić information content (AvgIpc) is 2.40. The van der Waals surface area contributed by atoms with Gasteiger partial charge in [0.25, 0.3) is 0 Å². The Labute approximate surface area is 131 Å². The van der Waals surface area contributed by atoms with Crippen LogP contribution in [0, 0.1) is 0 Å². The number of hydrogen-bond acceptors (Lipinski definition) is 3. The monoisotopic (exact) mass is 359 g/mol. The predicted octanol–water partition coefficient (Wildman–Crippen LogP) is 3.30. The molecule has 1 aromatic rings. The van der Waals surface area contributed by atoms with Crippen molar-refractivity contribution >= 4 is 39.6 Å². The van der Waals surface area contributed by atoms with Crippen molar-refractivity contribution in [3.63, 3.8) is 0 Å². The molecule has 0 aromatic heterocycles. The molecule has 0 heterocycles. The van der Waals surface area contributed by atoms with Gasteiger partial charge in [0.15, 0.2) is 0 Å². The molecule has 0 spiro atoms. The number of carboxylic acid groups (broad SMARTS) is 1. The quantitative estimate of drug-likeness (QED) is 0.733. The van der Waals surface area contributed by atoms with E-state index >= 15 is 0 Å². The lowest BCUT2D eigenvalue weighted by Gasteiger charge is -2.24. The summed E-state index contributed by atoms with van der Waals surface area (Å²) in [6.45, 7) is 3.26. The van der Waals surface area contributed by atoms with E-state index in [4.69, 9.17) is 5.11 Å². The first kappa shape index (κ1) is 17.0. The standard InChI is InChI=1S/C14H18BrNO3S/c1-3-14(2,13(18)19)16-12(17)8-9-20-11-7-5-4-6-10(11)15/h4-7H,3,8-9H2,1-2H3,(H,16,17)(H,18,19). The second-order valence-corrected chi connectivity index (χ2v) is 6.56. The van der Waals surface area contributed by atoms with Gasteiger partial charge in [-0.2, -0.15) is 0 Å². The first-order valence-corrected chi connectivity index (χ1v) is 8.08. The topological polar surface area (TPSA) is 66.4 Å². The van der Waals surface area contributed by atoms with Gasteiger partial charge in [0.05, 0.1) is 0 Å². The maximum atomic E-state index is 11.8. The molecule has 2 N–H and O–H groups in total. The number of aliphatic carboxylic acids is 1. The number of nitrogens with one attached hydrogen (secondary N) is 1. The minimum absolute atomic E-state index is 0.240. The summed E-state index contributed by atoms with van der Waals surface area (Å²) >= 11 is 5.01. The van der Waals surface area contributed by atoms with E-state index in [2.05, 4.69) is 21.2 Å². The van der Waals surface area contributed by atoms with Crippen LogP contribution >= 0.6 is 27.7 Å². The molecule has 0 saturated carbocycles. The van der Waals surface area contributed by atoms with Crippen molar-refractivity contribution in [3.8, 4) is 0 Å². The van der Waals surface area contributed by atoms with Gasteiger partial charge >= 0.3 is 5.97 Å². The molecule has 1 aromatic carbocycles. The summed E-state index contributed by atoms with van der Waals surface area (Å²) in [6, 6.07) is 7.78. The molecule has 0 aliphatic carbocycles. The molecular weight excluding hydrogens is 342 g/mol. The third kappa shape index (κ3) is 4.83. The first-order chi connectivity index (χ1) is 9.39. The van der Waals surface area contributed by atoms with Crippen molar-refractivity contribution in [1.82, 2.24) is 5.32 Å². The minimum Gasteiger partial charge on any atom is -0.480 e. The molecule has 0 aliphatic rings. The lowest BCUT2D eigenvalue weighted by atomic mass is 9.99. The van der Waals surface area contributed by atoms with Crippen LogP contribution in [0.5, 0.6) is 0 Å². The van der Waals surface area contributed by atoms with Gasteiger partial charge < -0.3 is 10.4 Å². The van der Waals surface area contributed by atoms with Crippen molar-refractivity contribution in [1.29, 1.82) is 0 Å². The highest BCUT2D eigenvalue weighted by Crippen LogP contribution is 2.27. The Morgan fingerprint density at radius 2 is 2.05 bits per heavy atom. The number of carboxylic acids is 1. The zero-order valence-corrected chi connectivity index (χ0v) is 13.9. The van der Waals surface area contributed by atoms with Gasteiger partial charge in [-0.3, -0.25) is 4.79 Å². The summed E-state index contributed by atoms with van der Waals surface area (Å²) in [7, 11) is 0. The summed E-state index contributed by atoms with van der Waals surface area (Å²) in [5, 5.41) is 11.7. The molecule has 0 fully saturated rings. The SMILES string of the molecule is CCC(C)(NC(=O)CCSc1ccccc1Br)C(=O)O. The number of hydrogen-bond donors (Lipinski definition) is 2. The first-order valence-electron chi connectivity index (χ1n) is 6.31. The highest BCUT2D eigenvalue weighted by atomic mass is 79.9. The van der Waals surface area contributed by atoms with Gasteiger partial charge in [0, 0.05) is 21.5 Å². The average molecular weight is 360 g/mol. The third-order valence-corrected chi connectivity index (χ3v) is 5.05. The van der Waals surface area contributed by atoms with E-state index in [1.165, 1.54) is 6.92 Å². The Bertz CT molecular complexity index is 495. The zero-order chi connectivity index (χ0) is 15.2. The maximum Gasteiger partial charge on any atom is 0.329 e. The highest BCUT2D eigenvalue weighted by Gasteiger charge is 2.32. The molecule has 0 saturated heterocycles. The van der Waals surface area contributed by atoms with Crippen LogP contribution in [-0.2, 0) is 9.59 Å². The van der Waals surface area contributed by atoms with Crippen LogP contribution < -0.4 is 5.32 Å². The number of halogens is 1. The van der Waals surface area contributed by atoms with Gasteiger partial charge in [-0.05, 0) is 41.4 Å². The Morgan fingerprint density at radius 1 is 1.40 bits per heavy atom. The molecule has 0 bridgehead atoms. The Morgan fingerprint density at radius 3 is 2.60 bits per heavy atom. The number of carbonyl (C=O) groups is 2. The summed E-state index contributed by atoms with van der Waals surface area (Å²) in [4.78, 5) is 24.0.